The van der Waals surface area contributed by atoms with Crippen LogP contribution >= 0.6 is 34.8 Å². The largest absolute Gasteiger partial charge is 0.0820 e. The Morgan fingerprint density at radius 1 is 0.615 bits per heavy atom. The van der Waals surface area contributed by atoms with Crippen molar-refractivity contribution < 1.29 is 0 Å². The van der Waals surface area contributed by atoms with E-state index in [0.29, 0.717) is 15.1 Å². The summed E-state index contributed by atoms with van der Waals surface area (Å²) in [6.07, 6.45) is 0. The van der Waals surface area contributed by atoms with Gasteiger partial charge in [0.25, 0.3) is 0 Å². The Morgan fingerprint density at radius 2 is 1.08 bits per heavy atom. The highest BCUT2D eigenvalue weighted by Crippen LogP contribution is 2.45. The molecule has 0 saturated heterocycles. The van der Waals surface area contributed by atoms with Crippen molar-refractivity contribution in [3.63, 3.8) is 0 Å². The van der Waals surface area contributed by atoms with Crippen molar-refractivity contribution in [2.75, 3.05) is 0 Å². The number of fused-ring (bicyclic) bond motifs is 1. The van der Waals surface area contributed by atoms with Crippen molar-refractivity contribution in [1.29, 1.82) is 0 Å². The Hall–Kier alpha value is -0.430. The highest BCUT2D eigenvalue weighted by Gasteiger charge is 2.17. The second kappa shape index (κ2) is 3.38. The summed E-state index contributed by atoms with van der Waals surface area (Å²) in [6.45, 7) is 0. The van der Waals surface area contributed by atoms with Gasteiger partial charge in [-0.25, -0.2) is 0 Å². The zero-order valence-electron chi connectivity index (χ0n) is 6.52. The van der Waals surface area contributed by atoms with E-state index in [-0.39, 0.29) is 0 Å². The smallest absolute Gasteiger partial charge is 0.0791 e. The minimum atomic E-state index is 0.435. The summed E-state index contributed by atoms with van der Waals surface area (Å²) in [5.74, 6) is 0. The maximum atomic E-state index is 5.99. The minimum absolute atomic E-state index is 0.435. The van der Waals surface area contributed by atoms with Crippen molar-refractivity contribution in [3.05, 3.63) is 45.4 Å². The second-order valence-corrected chi connectivity index (χ2v) is 3.81. The standard InChI is InChI=1S/C10H5Cl3/c11-8-6-4-2-1-3-5-7(6)9(12)10(8)13/h1-5H. The molecule has 0 amide bonds. The molecule has 0 bridgehead atoms. The number of halogens is 3. The van der Waals surface area contributed by atoms with Crippen molar-refractivity contribution in [1.82, 2.24) is 0 Å². The Bertz CT molecular complexity index is 386. The lowest BCUT2D eigenvalue weighted by molar-refractivity contribution is 1.84. The third kappa shape index (κ3) is 1.39. The van der Waals surface area contributed by atoms with Gasteiger partial charge in [0, 0.05) is 11.1 Å². The fourth-order valence-corrected chi connectivity index (χ4v) is 2.03. The maximum absolute atomic E-state index is 5.99. The van der Waals surface area contributed by atoms with Crippen molar-refractivity contribution in [2.45, 2.75) is 0 Å². The molecule has 2 aliphatic rings. The first-order chi connectivity index (χ1) is 6.22. The van der Waals surface area contributed by atoms with E-state index in [9.17, 15) is 0 Å². The van der Waals surface area contributed by atoms with E-state index in [2.05, 4.69) is 0 Å². The zero-order valence-corrected chi connectivity index (χ0v) is 8.79. The van der Waals surface area contributed by atoms with Gasteiger partial charge >= 0.3 is 0 Å². The van der Waals surface area contributed by atoms with E-state index in [1.807, 2.05) is 30.3 Å². The fourth-order valence-electron chi connectivity index (χ4n) is 1.26. The lowest BCUT2D eigenvalue weighted by atomic mass is 10.2. The van der Waals surface area contributed by atoms with Gasteiger partial charge in [0.15, 0.2) is 0 Å². The first kappa shape index (κ1) is 9.14. The first-order valence-corrected chi connectivity index (χ1v) is 4.86. The Kier molecular flexibility index (Phi) is 2.37. The molecule has 0 aromatic heterocycles. The zero-order chi connectivity index (χ0) is 9.42. The Morgan fingerprint density at radius 3 is 1.54 bits per heavy atom. The summed E-state index contributed by atoms with van der Waals surface area (Å²) in [5, 5.41) is 1.49. The second-order valence-electron chi connectivity index (χ2n) is 2.68. The number of hydrogen-bond donors (Lipinski definition) is 0. The van der Waals surface area contributed by atoms with Gasteiger partial charge in [-0.1, -0.05) is 65.1 Å². The van der Waals surface area contributed by atoms with Gasteiger partial charge in [0.05, 0.1) is 15.1 Å². The van der Waals surface area contributed by atoms with Gasteiger partial charge in [-0.2, -0.15) is 0 Å². The van der Waals surface area contributed by atoms with E-state index in [1.54, 1.807) is 0 Å². The molecule has 2 aliphatic carbocycles. The van der Waals surface area contributed by atoms with E-state index >= 15 is 0 Å². The van der Waals surface area contributed by atoms with Gasteiger partial charge in [-0.3, -0.25) is 0 Å². The molecule has 0 heterocycles. The highest BCUT2D eigenvalue weighted by atomic mass is 35.5. The third-order valence-corrected chi connectivity index (χ3v) is 3.25. The summed E-state index contributed by atoms with van der Waals surface area (Å²) < 4.78 is 0. The molecule has 0 saturated carbocycles. The molecule has 0 unspecified atom stereocenters. The van der Waals surface area contributed by atoms with E-state index in [0.717, 1.165) is 11.1 Å². The van der Waals surface area contributed by atoms with E-state index in [4.69, 9.17) is 34.8 Å². The fraction of sp³-hybridized carbons (Fsp3) is 0. The molecule has 3 heteroatoms. The molecule has 0 nitrogen and oxygen atoms in total. The molecule has 0 N–H and O–H groups in total. The topological polar surface area (TPSA) is 0 Å². The van der Waals surface area contributed by atoms with Gasteiger partial charge < -0.3 is 0 Å². The van der Waals surface area contributed by atoms with Crippen LogP contribution in [0.15, 0.2) is 30.3 Å². The summed E-state index contributed by atoms with van der Waals surface area (Å²) >= 11 is 17.9. The first-order valence-electron chi connectivity index (χ1n) is 3.73. The van der Waals surface area contributed by atoms with Crippen LogP contribution in [0.25, 0.3) is 11.1 Å². The highest BCUT2D eigenvalue weighted by molar-refractivity contribution is 6.51. The molecule has 0 radical (unpaired) electrons. The van der Waals surface area contributed by atoms with Gasteiger partial charge in [0.1, 0.15) is 0 Å². The van der Waals surface area contributed by atoms with Crippen LogP contribution in [0, 0.1) is 0 Å². The lowest BCUT2D eigenvalue weighted by Crippen LogP contribution is -1.65. The molecule has 0 aromatic carbocycles. The maximum Gasteiger partial charge on any atom is 0.0791 e. The quantitative estimate of drug-likeness (QED) is 0.614. The molecular formula is C10H5Cl3. The average molecular weight is 232 g/mol. The third-order valence-electron chi connectivity index (χ3n) is 1.90. The van der Waals surface area contributed by atoms with Crippen LogP contribution in [0.2, 0.25) is 15.1 Å². The molecular weight excluding hydrogens is 226 g/mol. The Labute approximate surface area is 91.4 Å². The van der Waals surface area contributed by atoms with Crippen LogP contribution in [-0.4, -0.2) is 0 Å². The average Bonchev–Trinajstić information content (AvgIpc) is 2.40. The summed E-state index contributed by atoms with van der Waals surface area (Å²) in [5.41, 5.74) is 1.78. The molecule has 66 valence electrons. The van der Waals surface area contributed by atoms with Crippen LogP contribution in [0.1, 0.15) is 0 Å². The minimum Gasteiger partial charge on any atom is -0.0820 e. The molecule has 13 heavy (non-hydrogen) atoms. The summed E-state index contributed by atoms with van der Waals surface area (Å²) in [6, 6.07) is 9.52. The predicted molar refractivity (Wildman–Crippen MR) is 58.1 cm³/mol. The van der Waals surface area contributed by atoms with Crippen LogP contribution in [0.4, 0.5) is 0 Å². The predicted octanol–water partition coefficient (Wildman–Crippen LogP) is 4.75. The van der Waals surface area contributed by atoms with Gasteiger partial charge in [-0.15, -0.1) is 0 Å². The van der Waals surface area contributed by atoms with Gasteiger partial charge in [-0.05, 0) is 0 Å². The van der Waals surface area contributed by atoms with E-state index in [1.165, 1.54) is 0 Å². The van der Waals surface area contributed by atoms with Crippen LogP contribution in [0.3, 0.4) is 0 Å². The molecule has 0 aliphatic heterocycles. The normalized spacial score (nSPS) is 10.7. The lowest BCUT2D eigenvalue weighted by Gasteiger charge is -1.91. The van der Waals surface area contributed by atoms with Crippen LogP contribution < -0.4 is 0 Å². The number of rotatable bonds is 0. The monoisotopic (exact) mass is 230 g/mol. The molecule has 0 fully saturated rings. The van der Waals surface area contributed by atoms with Crippen molar-refractivity contribution >= 4 is 34.8 Å². The number of hydrogen-bond acceptors (Lipinski definition) is 0. The van der Waals surface area contributed by atoms with Gasteiger partial charge in [0.2, 0.25) is 0 Å². The summed E-state index contributed by atoms with van der Waals surface area (Å²) in [7, 11) is 0. The molecule has 2 rings (SSSR count). The summed E-state index contributed by atoms with van der Waals surface area (Å²) in [4.78, 5) is 0. The van der Waals surface area contributed by atoms with Crippen molar-refractivity contribution in [3.8, 4) is 11.1 Å². The van der Waals surface area contributed by atoms with Crippen LogP contribution in [-0.2, 0) is 0 Å². The Balaban J connectivity index is 2.86. The van der Waals surface area contributed by atoms with Crippen molar-refractivity contribution in [2.24, 2.45) is 0 Å². The van der Waals surface area contributed by atoms with Crippen LogP contribution in [0.5, 0.6) is 0 Å². The van der Waals surface area contributed by atoms with E-state index < -0.39 is 0 Å². The SMILES string of the molecule is Clc1c2cccccc-2c(Cl)c1Cl. The molecule has 0 spiro atoms. The molecule has 0 aromatic rings. The molecule has 0 atom stereocenters.